The van der Waals surface area contributed by atoms with Crippen LogP contribution >= 0.6 is 11.6 Å². The van der Waals surface area contributed by atoms with E-state index in [2.05, 4.69) is 40.0 Å². The third-order valence-corrected chi connectivity index (χ3v) is 5.72. The molecule has 5 heteroatoms. The van der Waals surface area contributed by atoms with E-state index in [0.29, 0.717) is 6.04 Å². The number of aliphatic hydroxyl groups excluding tert-OH is 1. The molecule has 0 bridgehead atoms. The fourth-order valence-corrected chi connectivity index (χ4v) is 4.08. The number of halogens is 1. The van der Waals surface area contributed by atoms with Crippen LogP contribution in [0.1, 0.15) is 41.1 Å². The summed E-state index contributed by atoms with van der Waals surface area (Å²) >= 11 is 5.99. The molecule has 2 aromatic rings. The van der Waals surface area contributed by atoms with E-state index < -0.39 is 0 Å². The van der Waals surface area contributed by atoms with Crippen molar-refractivity contribution in [1.29, 1.82) is 0 Å². The van der Waals surface area contributed by atoms with Crippen LogP contribution in [0.5, 0.6) is 0 Å². The second-order valence-electron chi connectivity index (χ2n) is 7.36. The van der Waals surface area contributed by atoms with Crippen LogP contribution in [0.25, 0.3) is 6.08 Å². The molecule has 0 radical (unpaired) electrons. The van der Waals surface area contributed by atoms with Gasteiger partial charge in [-0.2, -0.15) is 0 Å². The van der Waals surface area contributed by atoms with Crippen LogP contribution < -0.4 is 0 Å². The average molecular weight is 414 g/mol. The Hall–Kier alpha value is -2.14. The van der Waals surface area contributed by atoms with Crippen molar-refractivity contribution in [2.75, 3.05) is 26.8 Å². The number of aliphatic hydroxyl groups is 1. The highest BCUT2D eigenvalue weighted by Crippen LogP contribution is 2.36. The Morgan fingerprint density at radius 1 is 1.24 bits per heavy atom. The number of hydrogen-bond donors (Lipinski definition) is 1. The second-order valence-corrected chi connectivity index (χ2v) is 7.80. The molecule has 3 rings (SSSR count). The highest BCUT2D eigenvalue weighted by molar-refractivity contribution is 6.30. The van der Waals surface area contributed by atoms with Gasteiger partial charge in [0.05, 0.1) is 7.11 Å². The molecule has 1 aliphatic carbocycles. The van der Waals surface area contributed by atoms with E-state index in [4.69, 9.17) is 11.6 Å². The molecule has 0 spiro atoms. The van der Waals surface area contributed by atoms with Crippen LogP contribution in [-0.4, -0.2) is 42.8 Å². The minimum Gasteiger partial charge on any atom is -0.466 e. The lowest BCUT2D eigenvalue weighted by molar-refractivity contribution is -0.134. The maximum absolute atomic E-state index is 11.3. The Kier molecular flexibility index (Phi) is 7.87. The third kappa shape index (κ3) is 5.92. The van der Waals surface area contributed by atoms with E-state index >= 15 is 0 Å². The molecular formula is C24H28ClNO3. The van der Waals surface area contributed by atoms with Crippen LogP contribution in [0.4, 0.5) is 0 Å². The maximum atomic E-state index is 11.3. The molecule has 2 aromatic carbocycles. The fraction of sp³-hybridized carbons (Fsp3) is 0.375. The van der Waals surface area contributed by atoms with E-state index in [1.54, 1.807) is 6.08 Å². The molecule has 1 aliphatic rings. The van der Waals surface area contributed by atoms with Gasteiger partial charge in [0, 0.05) is 36.8 Å². The monoisotopic (exact) mass is 413 g/mol. The summed E-state index contributed by atoms with van der Waals surface area (Å²) in [6.45, 7) is 2.02. The number of hydrogen-bond acceptors (Lipinski definition) is 4. The number of carbonyl (C=O) groups excluding carboxylic acids is 1. The van der Waals surface area contributed by atoms with Gasteiger partial charge in [-0.05, 0) is 66.1 Å². The van der Waals surface area contributed by atoms with Crippen LogP contribution in [0.15, 0.2) is 48.5 Å². The Morgan fingerprint density at radius 3 is 2.76 bits per heavy atom. The number of fused-ring (bicyclic) bond motifs is 1. The van der Waals surface area contributed by atoms with Gasteiger partial charge >= 0.3 is 5.97 Å². The van der Waals surface area contributed by atoms with E-state index in [1.807, 2.05) is 12.1 Å². The molecule has 0 aliphatic heterocycles. The van der Waals surface area contributed by atoms with Gasteiger partial charge < -0.3 is 9.84 Å². The Morgan fingerprint density at radius 2 is 2.03 bits per heavy atom. The smallest absolute Gasteiger partial charge is 0.330 e. The second kappa shape index (κ2) is 10.6. The summed E-state index contributed by atoms with van der Waals surface area (Å²) in [5.74, 6) is -0.347. The topological polar surface area (TPSA) is 49.8 Å². The van der Waals surface area contributed by atoms with Crippen molar-refractivity contribution in [3.05, 3.63) is 75.8 Å². The predicted octanol–water partition coefficient (Wildman–Crippen LogP) is 4.44. The summed E-state index contributed by atoms with van der Waals surface area (Å²) < 4.78 is 4.66. The van der Waals surface area contributed by atoms with Gasteiger partial charge in [-0.15, -0.1) is 0 Å². The van der Waals surface area contributed by atoms with Gasteiger partial charge in [-0.3, -0.25) is 4.90 Å². The number of rotatable bonds is 9. The molecule has 1 N–H and O–H groups in total. The Bertz CT molecular complexity index is 848. The molecule has 29 heavy (non-hydrogen) atoms. The van der Waals surface area contributed by atoms with Crippen molar-refractivity contribution in [2.45, 2.75) is 31.7 Å². The predicted molar refractivity (Wildman–Crippen MR) is 117 cm³/mol. The molecule has 0 saturated heterocycles. The highest BCUT2D eigenvalue weighted by atomic mass is 35.5. The van der Waals surface area contributed by atoms with Gasteiger partial charge in [-0.25, -0.2) is 4.79 Å². The van der Waals surface area contributed by atoms with Crippen molar-refractivity contribution >= 4 is 23.6 Å². The summed E-state index contributed by atoms with van der Waals surface area (Å²) in [5.41, 5.74) is 4.97. The van der Waals surface area contributed by atoms with Crippen molar-refractivity contribution in [1.82, 2.24) is 4.90 Å². The number of carbonyl (C=O) groups is 1. The summed E-state index contributed by atoms with van der Waals surface area (Å²) in [4.78, 5) is 13.8. The standard InChI is InChI=1S/C24H28ClNO3/c1-29-24(28)12-6-19-5-10-22-20(17-19)7-11-23(22)26(14-2-16-27)15-13-18-3-8-21(25)9-4-18/h3-6,8-10,12,17,23,27H,2,7,11,13-16H2,1H3/b12-6+. The summed E-state index contributed by atoms with van der Waals surface area (Å²) in [6.07, 6.45) is 7.07. The fourth-order valence-electron chi connectivity index (χ4n) is 3.95. The molecule has 0 fully saturated rings. The van der Waals surface area contributed by atoms with Gasteiger partial charge in [0.1, 0.15) is 0 Å². The summed E-state index contributed by atoms with van der Waals surface area (Å²) in [6, 6.07) is 14.8. The number of benzene rings is 2. The first-order valence-corrected chi connectivity index (χ1v) is 10.5. The van der Waals surface area contributed by atoms with E-state index in [1.165, 1.54) is 29.9 Å². The van der Waals surface area contributed by atoms with Gasteiger partial charge in [0.2, 0.25) is 0 Å². The van der Waals surface area contributed by atoms with Crippen molar-refractivity contribution in [2.24, 2.45) is 0 Å². The third-order valence-electron chi connectivity index (χ3n) is 5.47. The van der Waals surface area contributed by atoms with Crippen LogP contribution in [0.3, 0.4) is 0 Å². The SMILES string of the molecule is COC(=O)/C=C/c1ccc2c(c1)CCC2N(CCCO)CCc1ccc(Cl)cc1. The normalized spacial score (nSPS) is 15.8. The zero-order chi connectivity index (χ0) is 20.6. The first-order chi connectivity index (χ1) is 14.1. The zero-order valence-corrected chi connectivity index (χ0v) is 17.6. The number of ether oxygens (including phenoxy) is 1. The maximum Gasteiger partial charge on any atom is 0.330 e. The molecule has 4 nitrogen and oxygen atoms in total. The molecule has 0 amide bonds. The van der Waals surface area contributed by atoms with Gasteiger partial charge in [-0.1, -0.05) is 41.9 Å². The van der Waals surface area contributed by atoms with Crippen molar-refractivity contribution in [3.63, 3.8) is 0 Å². The molecule has 1 unspecified atom stereocenters. The van der Waals surface area contributed by atoms with Crippen LogP contribution in [0.2, 0.25) is 5.02 Å². The zero-order valence-electron chi connectivity index (χ0n) is 16.8. The van der Waals surface area contributed by atoms with Crippen LogP contribution in [0, 0.1) is 0 Å². The number of methoxy groups -OCH3 is 1. The van der Waals surface area contributed by atoms with Gasteiger partial charge in [0.25, 0.3) is 0 Å². The molecule has 1 atom stereocenters. The van der Waals surface area contributed by atoms with Crippen molar-refractivity contribution in [3.8, 4) is 0 Å². The first kappa shape index (κ1) is 21.6. The first-order valence-electron chi connectivity index (χ1n) is 10.1. The molecular weight excluding hydrogens is 386 g/mol. The lowest BCUT2D eigenvalue weighted by Crippen LogP contribution is -2.31. The summed E-state index contributed by atoms with van der Waals surface area (Å²) in [7, 11) is 1.38. The molecule has 0 heterocycles. The Balaban J connectivity index is 1.72. The van der Waals surface area contributed by atoms with E-state index in [-0.39, 0.29) is 12.6 Å². The largest absolute Gasteiger partial charge is 0.466 e. The highest BCUT2D eigenvalue weighted by Gasteiger charge is 2.27. The number of aryl methyl sites for hydroxylation is 1. The Labute approximate surface area is 177 Å². The lowest BCUT2D eigenvalue weighted by atomic mass is 10.0. The lowest BCUT2D eigenvalue weighted by Gasteiger charge is -2.29. The molecule has 0 saturated carbocycles. The van der Waals surface area contributed by atoms with Gasteiger partial charge in [0.15, 0.2) is 0 Å². The number of nitrogens with zero attached hydrogens (tertiary/aromatic N) is 1. The van der Waals surface area contributed by atoms with E-state index in [0.717, 1.165) is 49.4 Å². The number of esters is 1. The minimum atomic E-state index is -0.347. The van der Waals surface area contributed by atoms with Crippen molar-refractivity contribution < 1.29 is 14.6 Å². The molecule has 0 aromatic heterocycles. The van der Waals surface area contributed by atoms with Crippen LogP contribution in [-0.2, 0) is 22.4 Å². The summed E-state index contributed by atoms with van der Waals surface area (Å²) in [5, 5.41) is 10.1. The minimum absolute atomic E-state index is 0.203. The average Bonchev–Trinajstić information content (AvgIpc) is 3.16. The quantitative estimate of drug-likeness (QED) is 0.487. The van der Waals surface area contributed by atoms with E-state index in [9.17, 15) is 9.90 Å². The molecule has 154 valence electrons.